The summed E-state index contributed by atoms with van der Waals surface area (Å²) >= 11 is 1.48. The van der Waals surface area contributed by atoms with Crippen LogP contribution in [0.1, 0.15) is 36.6 Å². The molecule has 1 heterocycles. The van der Waals surface area contributed by atoms with Crippen LogP contribution in [0.3, 0.4) is 0 Å². The molecule has 0 amide bonds. The number of halogens is 4. The van der Waals surface area contributed by atoms with Crippen molar-refractivity contribution in [3.05, 3.63) is 22.4 Å². The average Bonchev–Trinajstić information content (AvgIpc) is 3.00. The van der Waals surface area contributed by atoms with Crippen molar-refractivity contribution in [2.45, 2.75) is 44.1 Å². The van der Waals surface area contributed by atoms with Crippen LogP contribution in [0.5, 0.6) is 0 Å². The molecule has 1 aliphatic carbocycles. The molecule has 1 aromatic rings. The van der Waals surface area contributed by atoms with Gasteiger partial charge in [0, 0.05) is 10.9 Å². The van der Waals surface area contributed by atoms with Gasteiger partial charge in [0.05, 0.1) is 6.54 Å². The van der Waals surface area contributed by atoms with Crippen LogP contribution in [0.25, 0.3) is 0 Å². The van der Waals surface area contributed by atoms with E-state index in [0.717, 1.165) is 30.6 Å². The Balaban J connectivity index is 2.02. The highest BCUT2D eigenvalue weighted by molar-refractivity contribution is 7.10. The van der Waals surface area contributed by atoms with Gasteiger partial charge in [-0.3, -0.25) is 0 Å². The van der Waals surface area contributed by atoms with E-state index >= 15 is 0 Å². The number of hydrogen-bond acceptors (Lipinski definition) is 2. The summed E-state index contributed by atoms with van der Waals surface area (Å²) in [6, 6.07) is 3.50. The molecule has 1 N–H and O–H groups in total. The van der Waals surface area contributed by atoms with E-state index in [1.165, 1.54) is 11.3 Å². The summed E-state index contributed by atoms with van der Waals surface area (Å²) in [4.78, 5) is 0.956. The Labute approximate surface area is 114 Å². The van der Waals surface area contributed by atoms with Crippen LogP contribution >= 0.6 is 11.3 Å². The lowest BCUT2D eigenvalue weighted by atomic mass is 9.96. The number of nitrogens with one attached hydrogen (secondary N) is 1. The molecular formula is C13H17F4NS. The summed E-state index contributed by atoms with van der Waals surface area (Å²) in [7, 11) is 0. The van der Waals surface area contributed by atoms with Crippen LogP contribution in [0.4, 0.5) is 17.6 Å². The summed E-state index contributed by atoms with van der Waals surface area (Å²) < 4.78 is 50.4. The highest BCUT2D eigenvalue weighted by Crippen LogP contribution is 2.38. The van der Waals surface area contributed by atoms with Gasteiger partial charge in [-0.05, 0) is 30.2 Å². The van der Waals surface area contributed by atoms with Crippen LogP contribution in [-0.4, -0.2) is 18.9 Å². The van der Waals surface area contributed by atoms with Crippen molar-refractivity contribution in [2.75, 3.05) is 6.54 Å². The summed E-state index contributed by atoms with van der Waals surface area (Å²) in [6.45, 7) is -0.969. The van der Waals surface area contributed by atoms with E-state index in [0.29, 0.717) is 0 Å². The van der Waals surface area contributed by atoms with Crippen molar-refractivity contribution in [3.8, 4) is 0 Å². The largest absolute Gasteiger partial charge is 0.319 e. The van der Waals surface area contributed by atoms with Gasteiger partial charge in [-0.15, -0.1) is 11.3 Å². The van der Waals surface area contributed by atoms with Crippen LogP contribution in [0.15, 0.2) is 17.5 Å². The Morgan fingerprint density at radius 3 is 2.53 bits per heavy atom. The second-order valence-corrected chi connectivity index (χ2v) is 5.96. The third-order valence-corrected chi connectivity index (χ3v) is 4.55. The smallest absolute Gasteiger partial charge is 0.303 e. The number of thiophene rings is 1. The van der Waals surface area contributed by atoms with E-state index in [1.807, 2.05) is 17.5 Å². The second kappa shape index (κ2) is 6.22. The van der Waals surface area contributed by atoms with Gasteiger partial charge in [0.25, 0.3) is 0 Å². The Morgan fingerprint density at radius 2 is 2.00 bits per heavy atom. The lowest BCUT2D eigenvalue weighted by Gasteiger charge is -2.26. The van der Waals surface area contributed by atoms with E-state index in [4.69, 9.17) is 0 Å². The first kappa shape index (κ1) is 14.8. The normalized spacial score (nSPS) is 19.2. The molecular weight excluding hydrogens is 278 g/mol. The van der Waals surface area contributed by atoms with E-state index in [-0.39, 0.29) is 12.0 Å². The molecule has 19 heavy (non-hydrogen) atoms. The topological polar surface area (TPSA) is 12.0 Å². The minimum Gasteiger partial charge on any atom is -0.303 e. The monoisotopic (exact) mass is 295 g/mol. The third-order valence-electron chi connectivity index (χ3n) is 3.60. The Bertz CT molecular complexity index is 374. The van der Waals surface area contributed by atoms with Crippen LogP contribution < -0.4 is 5.32 Å². The fourth-order valence-electron chi connectivity index (χ4n) is 2.58. The van der Waals surface area contributed by atoms with Crippen molar-refractivity contribution in [1.82, 2.24) is 5.32 Å². The summed E-state index contributed by atoms with van der Waals surface area (Å²) in [5.41, 5.74) is 0. The fraction of sp³-hybridized carbons (Fsp3) is 0.692. The van der Waals surface area contributed by atoms with Crippen molar-refractivity contribution in [1.29, 1.82) is 0 Å². The molecule has 1 atom stereocenters. The Kier molecular flexibility index (Phi) is 4.84. The zero-order valence-corrected chi connectivity index (χ0v) is 11.2. The van der Waals surface area contributed by atoms with Crippen LogP contribution in [0.2, 0.25) is 0 Å². The number of alkyl halides is 4. The molecule has 0 saturated heterocycles. The van der Waals surface area contributed by atoms with E-state index in [2.05, 4.69) is 5.32 Å². The molecule has 1 saturated carbocycles. The molecule has 0 aromatic carbocycles. The van der Waals surface area contributed by atoms with Gasteiger partial charge in [-0.1, -0.05) is 18.9 Å². The van der Waals surface area contributed by atoms with Crippen molar-refractivity contribution in [3.63, 3.8) is 0 Å². The molecule has 1 nitrogen and oxygen atoms in total. The molecule has 1 aliphatic rings. The standard InChI is InChI=1S/C13H17F4NS/c14-12(15)13(16,17)8-18-11(9-4-1-2-5-9)10-6-3-7-19-10/h3,6-7,9,11-12,18H,1-2,4-5,8H2. The SMILES string of the molecule is FC(F)C(F)(F)CNC(c1cccs1)C1CCCC1. The molecule has 1 fully saturated rings. The quantitative estimate of drug-likeness (QED) is 0.764. The molecule has 1 unspecified atom stereocenters. The van der Waals surface area contributed by atoms with Gasteiger partial charge in [-0.2, -0.15) is 8.78 Å². The molecule has 6 heteroatoms. The highest BCUT2D eigenvalue weighted by atomic mass is 32.1. The van der Waals surface area contributed by atoms with Crippen molar-refractivity contribution >= 4 is 11.3 Å². The second-order valence-electron chi connectivity index (χ2n) is 4.98. The molecule has 0 radical (unpaired) electrons. The van der Waals surface area contributed by atoms with E-state index in [1.54, 1.807) is 0 Å². The summed E-state index contributed by atoms with van der Waals surface area (Å²) in [5, 5.41) is 4.55. The lowest BCUT2D eigenvalue weighted by molar-refractivity contribution is -0.126. The molecule has 2 rings (SSSR count). The van der Waals surface area contributed by atoms with Gasteiger partial charge in [0.15, 0.2) is 0 Å². The Hall–Kier alpha value is -0.620. The fourth-order valence-corrected chi connectivity index (χ4v) is 3.48. The maximum atomic E-state index is 13.0. The number of rotatable bonds is 6. The molecule has 0 bridgehead atoms. The zero-order chi connectivity index (χ0) is 13.9. The minimum absolute atomic E-state index is 0.230. The zero-order valence-electron chi connectivity index (χ0n) is 10.4. The predicted octanol–water partition coefficient (Wildman–Crippen LogP) is 4.47. The Morgan fingerprint density at radius 1 is 1.32 bits per heavy atom. The first-order chi connectivity index (χ1) is 9.00. The van der Waals surface area contributed by atoms with Crippen molar-refractivity contribution < 1.29 is 17.6 Å². The van der Waals surface area contributed by atoms with Gasteiger partial charge in [0.2, 0.25) is 0 Å². The van der Waals surface area contributed by atoms with Gasteiger partial charge >= 0.3 is 12.3 Å². The van der Waals surface area contributed by atoms with Crippen LogP contribution in [0, 0.1) is 5.92 Å². The molecule has 108 valence electrons. The first-order valence-corrected chi connectivity index (χ1v) is 7.31. The summed E-state index contributed by atoms with van der Waals surface area (Å²) in [6.07, 6.45) is 0.484. The number of hydrogen-bond donors (Lipinski definition) is 1. The van der Waals surface area contributed by atoms with E-state index in [9.17, 15) is 17.6 Å². The predicted molar refractivity (Wildman–Crippen MR) is 68.0 cm³/mol. The molecule has 0 spiro atoms. The van der Waals surface area contributed by atoms with Gasteiger partial charge < -0.3 is 5.32 Å². The third kappa shape index (κ3) is 3.69. The van der Waals surface area contributed by atoms with E-state index < -0.39 is 18.9 Å². The van der Waals surface area contributed by atoms with Gasteiger partial charge in [0.1, 0.15) is 0 Å². The van der Waals surface area contributed by atoms with Crippen molar-refractivity contribution in [2.24, 2.45) is 5.92 Å². The van der Waals surface area contributed by atoms with Gasteiger partial charge in [-0.25, -0.2) is 8.78 Å². The average molecular weight is 295 g/mol. The molecule has 0 aliphatic heterocycles. The summed E-state index contributed by atoms with van der Waals surface area (Å²) in [5.74, 6) is -3.69. The maximum absolute atomic E-state index is 13.0. The molecule has 1 aromatic heterocycles. The first-order valence-electron chi connectivity index (χ1n) is 6.43. The lowest BCUT2D eigenvalue weighted by Crippen LogP contribution is -2.41. The van der Waals surface area contributed by atoms with Crippen LogP contribution in [-0.2, 0) is 0 Å². The maximum Gasteiger partial charge on any atom is 0.319 e. The highest BCUT2D eigenvalue weighted by Gasteiger charge is 2.41. The minimum atomic E-state index is -3.96.